The Morgan fingerprint density at radius 3 is 2.59 bits per heavy atom. The molecule has 1 N–H and O–H groups in total. The van der Waals surface area contributed by atoms with Crippen molar-refractivity contribution in [3.05, 3.63) is 59.2 Å². The predicted molar refractivity (Wildman–Crippen MR) is 103 cm³/mol. The minimum absolute atomic E-state index is 0.448. The van der Waals surface area contributed by atoms with Crippen LogP contribution >= 0.6 is 0 Å². The smallest absolute Gasteiger partial charge is 0.162 e. The highest BCUT2D eigenvalue weighted by atomic mass is 16.6. The maximum Gasteiger partial charge on any atom is 0.162 e. The van der Waals surface area contributed by atoms with Crippen LogP contribution in [0.15, 0.2) is 42.5 Å². The zero-order valence-corrected chi connectivity index (χ0v) is 16.0. The number of fused-ring (bicyclic) bond motifs is 2. The summed E-state index contributed by atoms with van der Waals surface area (Å²) in [5.41, 5.74) is 2.88. The minimum atomic E-state index is -0.776. The maximum absolute atomic E-state index is 10.3. The first-order valence-electron chi connectivity index (χ1n) is 9.52. The van der Waals surface area contributed by atoms with E-state index in [1.165, 1.54) is 0 Å². The number of likely N-dealkylation sites (tertiary alicyclic amines) is 1. The Morgan fingerprint density at radius 2 is 1.89 bits per heavy atom. The molecule has 0 radical (unpaired) electrons. The SMILES string of the molecule is COc1cc2c(cc1OCc1ccccc1)C1(CCN(C)CC1)OC(O)C2. The number of aliphatic hydroxyl groups is 1. The van der Waals surface area contributed by atoms with E-state index in [4.69, 9.17) is 14.2 Å². The van der Waals surface area contributed by atoms with Gasteiger partial charge in [-0.2, -0.15) is 0 Å². The van der Waals surface area contributed by atoms with Crippen molar-refractivity contribution in [2.75, 3.05) is 27.2 Å². The van der Waals surface area contributed by atoms with Crippen molar-refractivity contribution in [2.24, 2.45) is 0 Å². The zero-order valence-electron chi connectivity index (χ0n) is 16.0. The third-order valence-electron chi connectivity index (χ3n) is 5.67. The molecule has 0 aromatic heterocycles. The highest BCUT2D eigenvalue weighted by molar-refractivity contribution is 5.50. The number of ether oxygens (including phenoxy) is 3. The van der Waals surface area contributed by atoms with Gasteiger partial charge in [0.15, 0.2) is 17.8 Å². The standard InChI is InChI=1S/C22H27NO4/c1-23-10-8-22(9-11-23)18-14-20(26-15-16-6-4-3-5-7-16)19(25-2)12-17(18)13-21(24)27-22/h3-7,12,14,21,24H,8-11,13,15H2,1-2H3. The summed E-state index contributed by atoms with van der Waals surface area (Å²) in [7, 11) is 3.77. The van der Waals surface area contributed by atoms with Crippen LogP contribution < -0.4 is 9.47 Å². The summed E-state index contributed by atoms with van der Waals surface area (Å²) < 4.78 is 17.8. The second-order valence-corrected chi connectivity index (χ2v) is 7.51. The number of methoxy groups -OCH3 is 1. The number of benzene rings is 2. The largest absolute Gasteiger partial charge is 0.493 e. The van der Waals surface area contributed by atoms with Gasteiger partial charge >= 0.3 is 0 Å². The van der Waals surface area contributed by atoms with Crippen LogP contribution in [0.1, 0.15) is 29.5 Å². The van der Waals surface area contributed by atoms with Crippen LogP contribution in [0.4, 0.5) is 0 Å². The Kier molecular flexibility index (Phi) is 5.08. The van der Waals surface area contributed by atoms with Crippen LogP contribution in [0, 0.1) is 0 Å². The van der Waals surface area contributed by atoms with Crippen molar-refractivity contribution in [3.63, 3.8) is 0 Å². The fourth-order valence-electron chi connectivity index (χ4n) is 4.12. The molecular formula is C22H27NO4. The van der Waals surface area contributed by atoms with E-state index in [-0.39, 0.29) is 0 Å². The number of rotatable bonds is 4. The van der Waals surface area contributed by atoms with Crippen LogP contribution in [-0.2, 0) is 23.4 Å². The fraction of sp³-hybridized carbons (Fsp3) is 0.455. The molecule has 2 aliphatic heterocycles. The van der Waals surface area contributed by atoms with E-state index in [0.29, 0.717) is 18.8 Å². The molecule has 2 heterocycles. The first kappa shape index (κ1) is 18.3. The molecule has 1 saturated heterocycles. The fourth-order valence-corrected chi connectivity index (χ4v) is 4.12. The Bertz CT molecular complexity index is 784. The molecular weight excluding hydrogens is 342 g/mol. The van der Waals surface area contributed by atoms with E-state index >= 15 is 0 Å². The normalized spacial score (nSPS) is 21.7. The topological polar surface area (TPSA) is 51.2 Å². The van der Waals surface area contributed by atoms with Gasteiger partial charge in [-0.1, -0.05) is 30.3 Å². The van der Waals surface area contributed by atoms with Crippen molar-refractivity contribution in [1.82, 2.24) is 4.90 Å². The lowest BCUT2D eigenvalue weighted by Gasteiger charge is -2.45. The first-order valence-corrected chi connectivity index (χ1v) is 9.52. The molecule has 27 heavy (non-hydrogen) atoms. The monoisotopic (exact) mass is 369 g/mol. The molecule has 2 aliphatic rings. The molecule has 5 heteroatoms. The van der Waals surface area contributed by atoms with Crippen molar-refractivity contribution < 1.29 is 19.3 Å². The molecule has 1 unspecified atom stereocenters. The van der Waals surface area contributed by atoms with Crippen LogP contribution in [0.3, 0.4) is 0 Å². The molecule has 2 aromatic rings. The number of nitrogens with zero attached hydrogens (tertiary/aromatic N) is 1. The lowest BCUT2D eigenvalue weighted by Crippen LogP contribution is -2.47. The van der Waals surface area contributed by atoms with E-state index in [2.05, 4.69) is 18.0 Å². The second kappa shape index (κ2) is 7.50. The van der Waals surface area contributed by atoms with Gasteiger partial charge in [0, 0.05) is 19.5 Å². The molecule has 1 fully saturated rings. The zero-order chi connectivity index (χ0) is 18.9. The Hall–Kier alpha value is -2.08. The molecule has 1 atom stereocenters. The highest BCUT2D eigenvalue weighted by Crippen LogP contribution is 2.46. The van der Waals surface area contributed by atoms with Crippen LogP contribution in [0.2, 0.25) is 0 Å². The lowest BCUT2D eigenvalue weighted by atomic mass is 9.79. The summed E-state index contributed by atoms with van der Waals surface area (Å²) in [4.78, 5) is 2.30. The van der Waals surface area contributed by atoms with Gasteiger partial charge in [-0.15, -0.1) is 0 Å². The molecule has 5 nitrogen and oxygen atoms in total. The van der Waals surface area contributed by atoms with Gasteiger partial charge in [0.25, 0.3) is 0 Å². The van der Waals surface area contributed by atoms with Crippen LogP contribution in [-0.4, -0.2) is 43.5 Å². The Morgan fingerprint density at radius 1 is 1.15 bits per heavy atom. The van der Waals surface area contributed by atoms with Gasteiger partial charge in [0.2, 0.25) is 0 Å². The molecule has 0 aliphatic carbocycles. The second-order valence-electron chi connectivity index (χ2n) is 7.51. The molecule has 144 valence electrons. The summed E-state index contributed by atoms with van der Waals surface area (Å²) in [6.45, 7) is 2.37. The van der Waals surface area contributed by atoms with Crippen molar-refractivity contribution in [2.45, 2.75) is 37.8 Å². The minimum Gasteiger partial charge on any atom is -0.493 e. The predicted octanol–water partition coefficient (Wildman–Crippen LogP) is 3.09. The van der Waals surface area contributed by atoms with Gasteiger partial charge < -0.3 is 24.2 Å². The summed E-state index contributed by atoms with van der Waals surface area (Å²) in [5, 5.41) is 10.3. The summed E-state index contributed by atoms with van der Waals surface area (Å²) in [5.74, 6) is 1.42. The van der Waals surface area contributed by atoms with Crippen LogP contribution in [0.25, 0.3) is 0 Å². The van der Waals surface area contributed by atoms with Gasteiger partial charge in [0.1, 0.15) is 6.61 Å². The van der Waals surface area contributed by atoms with E-state index in [1.54, 1.807) is 7.11 Å². The third kappa shape index (κ3) is 3.68. The molecule has 0 saturated carbocycles. The summed E-state index contributed by atoms with van der Waals surface area (Å²) >= 11 is 0. The van der Waals surface area contributed by atoms with Crippen molar-refractivity contribution in [1.29, 1.82) is 0 Å². The number of hydrogen-bond acceptors (Lipinski definition) is 5. The maximum atomic E-state index is 10.3. The average Bonchev–Trinajstić information content (AvgIpc) is 2.69. The molecule has 0 amide bonds. The number of hydrogen-bond donors (Lipinski definition) is 1. The van der Waals surface area contributed by atoms with E-state index in [9.17, 15) is 5.11 Å². The van der Waals surface area contributed by atoms with E-state index in [1.807, 2.05) is 36.4 Å². The van der Waals surface area contributed by atoms with Crippen LogP contribution in [0.5, 0.6) is 11.5 Å². The molecule has 4 rings (SSSR count). The molecule has 1 spiro atoms. The first-order chi connectivity index (χ1) is 13.1. The summed E-state index contributed by atoms with van der Waals surface area (Å²) in [6.07, 6.45) is 1.42. The summed E-state index contributed by atoms with van der Waals surface area (Å²) in [6, 6.07) is 14.2. The number of aliphatic hydroxyl groups excluding tert-OH is 1. The Balaban J connectivity index is 1.67. The lowest BCUT2D eigenvalue weighted by molar-refractivity contribution is -0.214. The molecule has 2 aromatic carbocycles. The van der Waals surface area contributed by atoms with Gasteiger partial charge in [-0.3, -0.25) is 0 Å². The molecule has 0 bridgehead atoms. The Labute approximate surface area is 160 Å². The highest BCUT2D eigenvalue weighted by Gasteiger charge is 2.43. The van der Waals surface area contributed by atoms with Gasteiger partial charge in [0.05, 0.1) is 12.7 Å². The quantitative estimate of drug-likeness (QED) is 0.898. The van der Waals surface area contributed by atoms with Gasteiger partial charge in [-0.25, -0.2) is 0 Å². The third-order valence-corrected chi connectivity index (χ3v) is 5.67. The van der Waals surface area contributed by atoms with Crippen molar-refractivity contribution in [3.8, 4) is 11.5 Å². The number of piperidine rings is 1. The van der Waals surface area contributed by atoms with E-state index in [0.717, 1.165) is 48.4 Å². The van der Waals surface area contributed by atoms with E-state index < -0.39 is 11.9 Å². The average molecular weight is 369 g/mol. The van der Waals surface area contributed by atoms with Crippen molar-refractivity contribution >= 4 is 0 Å². The van der Waals surface area contributed by atoms with Gasteiger partial charge in [-0.05, 0) is 48.7 Å².